The smallest absolute Gasteiger partial charge is 0.208 e. The van der Waals surface area contributed by atoms with Gasteiger partial charge in [-0.25, -0.2) is 0 Å². The van der Waals surface area contributed by atoms with Crippen molar-refractivity contribution in [1.29, 1.82) is 0 Å². The zero-order valence-electron chi connectivity index (χ0n) is 17.3. The fraction of sp³-hybridized carbons (Fsp3) is 0.727. The van der Waals surface area contributed by atoms with Gasteiger partial charge in [-0.3, -0.25) is 0 Å². The Labute approximate surface area is 188 Å². The van der Waals surface area contributed by atoms with E-state index in [-0.39, 0.29) is 0 Å². The summed E-state index contributed by atoms with van der Waals surface area (Å²) in [6.45, 7) is 5.94. The zero-order chi connectivity index (χ0) is 19.6. The minimum Gasteiger partial charge on any atom is -0.480 e. The molecule has 0 spiro atoms. The molecule has 0 unspecified atom stereocenters. The van der Waals surface area contributed by atoms with Gasteiger partial charge in [0.2, 0.25) is 10.2 Å². The third-order valence-corrected chi connectivity index (χ3v) is 10.7. The predicted octanol–water partition coefficient (Wildman–Crippen LogP) is 9.18. The van der Waals surface area contributed by atoms with Gasteiger partial charge in [0.25, 0.3) is 0 Å². The molecule has 3 rings (SSSR count). The number of unbranched alkanes of at least 4 members (excludes halogenated alkanes) is 8. The summed E-state index contributed by atoms with van der Waals surface area (Å²) in [7, 11) is 0. The third-order valence-electron chi connectivity index (χ3n) is 5.01. The molecule has 0 atom stereocenters. The molecule has 158 valence electrons. The number of hydrogen-bond donors (Lipinski definition) is 0. The lowest BCUT2D eigenvalue weighted by Gasteiger charge is -2.13. The van der Waals surface area contributed by atoms with E-state index in [1.54, 1.807) is 33.3 Å². The van der Waals surface area contributed by atoms with E-state index in [9.17, 15) is 0 Å². The standard InChI is InChI=1S/C22H34O2S4/c1-3-5-7-9-11-13-17-18(14-12-10-8-6-4-2)26-21(25-17)22-27-19-20(28-22)24-16-15-23-19/h3-16H2,1-2H3. The Hall–Kier alpha value is 0.220. The van der Waals surface area contributed by atoms with Crippen LogP contribution in [0.5, 0.6) is 0 Å². The van der Waals surface area contributed by atoms with Crippen LogP contribution in [0.1, 0.15) is 90.9 Å². The minimum atomic E-state index is 0.680. The van der Waals surface area contributed by atoms with Crippen LogP contribution in [0.4, 0.5) is 0 Å². The fourth-order valence-corrected chi connectivity index (χ4v) is 8.90. The van der Waals surface area contributed by atoms with Gasteiger partial charge in [0.15, 0.2) is 0 Å². The van der Waals surface area contributed by atoms with Gasteiger partial charge >= 0.3 is 0 Å². The first-order valence-corrected chi connectivity index (χ1v) is 14.3. The first-order chi connectivity index (χ1) is 13.8. The van der Waals surface area contributed by atoms with Crippen molar-refractivity contribution in [2.24, 2.45) is 0 Å². The van der Waals surface area contributed by atoms with E-state index in [1.807, 2.05) is 23.5 Å². The van der Waals surface area contributed by atoms with Crippen LogP contribution < -0.4 is 0 Å². The molecule has 0 N–H and O–H groups in total. The molecule has 0 fully saturated rings. The van der Waals surface area contributed by atoms with Crippen LogP contribution >= 0.6 is 47.0 Å². The summed E-state index contributed by atoms with van der Waals surface area (Å²) < 4.78 is 14.4. The average molecular weight is 459 g/mol. The van der Waals surface area contributed by atoms with Crippen molar-refractivity contribution in [3.8, 4) is 0 Å². The Morgan fingerprint density at radius 3 is 1.46 bits per heavy atom. The summed E-state index contributed by atoms with van der Waals surface area (Å²) in [4.78, 5) is 3.29. The van der Waals surface area contributed by atoms with Gasteiger partial charge in [-0.15, -0.1) is 0 Å². The summed E-state index contributed by atoms with van der Waals surface area (Å²) >= 11 is 7.62. The maximum Gasteiger partial charge on any atom is 0.208 e. The van der Waals surface area contributed by atoms with E-state index in [0.29, 0.717) is 13.2 Å². The molecule has 0 bridgehead atoms. The molecule has 0 aliphatic carbocycles. The largest absolute Gasteiger partial charge is 0.480 e. The second-order valence-electron chi connectivity index (χ2n) is 7.43. The second kappa shape index (κ2) is 12.8. The van der Waals surface area contributed by atoms with Crippen LogP contribution in [0.25, 0.3) is 0 Å². The number of rotatable bonds is 12. The van der Waals surface area contributed by atoms with E-state index in [1.165, 1.54) is 85.5 Å². The van der Waals surface area contributed by atoms with Crippen LogP contribution in [0.3, 0.4) is 0 Å². The lowest BCUT2D eigenvalue weighted by atomic mass is 10.1. The van der Waals surface area contributed by atoms with Crippen LogP contribution in [-0.2, 0) is 9.47 Å². The highest BCUT2D eigenvalue weighted by Crippen LogP contribution is 2.61. The van der Waals surface area contributed by atoms with Gasteiger partial charge in [0, 0.05) is 9.81 Å². The molecule has 28 heavy (non-hydrogen) atoms. The summed E-state index contributed by atoms with van der Waals surface area (Å²) in [5, 5.41) is 1.96. The summed E-state index contributed by atoms with van der Waals surface area (Å²) in [6.07, 6.45) is 16.1. The van der Waals surface area contributed by atoms with Crippen molar-refractivity contribution in [1.82, 2.24) is 0 Å². The lowest BCUT2D eigenvalue weighted by molar-refractivity contribution is 0.0949. The summed E-state index contributed by atoms with van der Waals surface area (Å²) in [5.41, 5.74) is 0. The summed E-state index contributed by atoms with van der Waals surface area (Å²) in [5.74, 6) is 0. The molecular formula is C22H34O2S4. The highest BCUT2D eigenvalue weighted by atomic mass is 32.2. The van der Waals surface area contributed by atoms with Gasteiger partial charge in [-0.1, -0.05) is 88.7 Å². The molecule has 0 saturated carbocycles. The molecule has 0 aromatic rings. The Morgan fingerprint density at radius 2 is 1.00 bits per heavy atom. The predicted molar refractivity (Wildman–Crippen MR) is 130 cm³/mol. The van der Waals surface area contributed by atoms with Crippen LogP contribution in [-0.4, -0.2) is 13.2 Å². The highest BCUT2D eigenvalue weighted by Gasteiger charge is 2.32. The molecule has 3 aliphatic rings. The third kappa shape index (κ3) is 6.88. The normalized spacial score (nSPS) is 19.4. The Morgan fingerprint density at radius 1 is 0.571 bits per heavy atom. The van der Waals surface area contributed by atoms with E-state index in [0.717, 1.165) is 10.2 Å². The van der Waals surface area contributed by atoms with E-state index >= 15 is 0 Å². The minimum absolute atomic E-state index is 0.680. The maximum atomic E-state index is 5.78. The van der Waals surface area contributed by atoms with Crippen molar-refractivity contribution >= 4 is 47.0 Å². The highest BCUT2D eigenvalue weighted by molar-refractivity contribution is 8.34. The molecule has 0 aromatic carbocycles. The molecular weight excluding hydrogens is 425 g/mol. The molecule has 3 aliphatic heterocycles. The van der Waals surface area contributed by atoms with Crippen molar-refractivity contribution in [3.05, 3.63) is 28.5 Å². The average Bonchev–Trinajstić information content (AvgIpc) is 3.31. The number of allylic oxidation sites excluding steroid dienone is 2. The maximum absolute atomic E-state index is 5.78. The van der Waals surface area contributed by atoms with E-state index in [2.05, 4.69) is 13.8 Å². The molecule has 0 amide bonds. The van der Waals surface area contributed by atoms with Gasteiger partial charge in [0.1, 0.15) is 13.2 Å². The van der Waals surface area contributed by atoms with E-state index < -0.39 is 0 Å². The van der Waals surface area contributed by atoms with Crippen LogP contribution in [0.15, 0.2) is 28.5 Å². The molecule has 0 radical (unpaired) electrons. The van der Waals surface area contributed by atoms with Crippen LogP contribution in [0, 0.1) is 0 Å². The fourth-order valence-electron chi connectivity index (χ4n) is 3.40. The SMILES string of the molecule is CCCCCCCC1=C(CCCCCCC)SC(=C2SC3=C(OCCO3)S2)S1. The lowest BCUT2D eigenvalue weighted by Crippen LogP contribution is -2.08. The van der Waals surface area contributed by atoms with E-state index in [4.69, 9.17) is 9.47 Å². The number of thioether (sulfide) groups is 4. The first kappa shape index (κ1) is 22.9. The molecule has 2 nitrogen and oxygen atoms in total. The number of hydrogen-bond acceptors (Lipinski definition) is 6. The molecule has 6 heteroatoms. The van der Waals surface area contributed by atoms with Crippen molar-refractivity contribution in [2.45, 2.75) is 90.9 Å². The second-order valence-corrected chi connectivity index (χ2v) is 12.1. The quantitative estimate of drug-likeness (QED) is 0.269. The van der Waals surface area contributed by atoms with Crippen molar-refractivity contribution < 1.29 is 9.47 Å². The van der Waals surface area contributed by atoms with Gasteiger partial charge < -0.3 is 9.47 Å². The monoisotopic (exact) mass is 458 g/mol. The van der Waals surface area contributed by atoms with Crippen molar-refractivity contribution in [2.75, 3.05) is 13.2 Å². The molecule has 0 saturated heterocycles. The number of ether oxygens (including phenoxy) is 2. The Kier molecular flexibility index (Phi) is 10.5. The Bertz CT molecular complexity index is 562. The molecule has 3 heterocycles. The van der Waals surface area contributed by atoms with Gasteiger partial charge in [-0.2, -0.15) is 0 Å². The first-order valence-electron chi connectivity index (χ1n) is 11.0. The molecule has 0 aromatic heterocycles. The van der Waals surface area contributed by atoms with Gasteiger partial charge in [0.05, 0.1) is 8.47 Å². The summed E-state index contributed by atoms with van der Waals surface area (Å²) in [6, 6.07) is 0. The van der Waals surface area contributed by atoms with Crippen molar-refractivity contribution in [3.63, 3.8) is 0 Å². The topological polar surface area (TPSA) is 18.5 Å². The van der Waals surface area contributed by atoms with Crippen LogP contribution in [0.2, 0.25) is 0 Å². The van der Waals surface area contributed by atoms with Gasteiger partial charge in [-0.05, 0) is 49.2 Å². The Balaban J connectivity index is 1.55. The zero-order valence-corrected chi connectivity index (χ0v) is 20.6.